The predicted molar refractivity (Wildman–Crippen MR) is 106 cm³/mol. The fourth-order valence-electron chi connectivity index (χ4n) is 3.78. The zero-order valence-electron chi connectivity index (χ0n) is 15.2. The van der Waals surface area contributed by atoms with E-state index in [0.29, 0.717) is 6.54 Å². The lowest BCUT2D eigenvalue weighted by molar-refractivity contribution is 0.0942. The van der Waals surface area contributed by atoms with Crippen molar-refractivity contribution in [3.8, 4) is 0 Å². The molecule has 1 unspecified atom stereocenters. The molecule has 0 saturated carbocycles. The van der Waals surface area contributed by atoms with Crippen LogP contribution in [0, 0.1) is 6.92 Å². The molecule has 4 rings (SSSR count). The van der Waals surface area contributed by atoms with Gasteiger partial charge in [0.15, 0.2) is 0 Å². The normalized spacial score (nSPS) is 16.2. The summed E-state index contributed by atoms with van der Waals surface area (Å²) >= 11 is 1.51. The molecule has 0 bridgehead atoms. The topological polar surface area (TPSA) is 50.2 Å². The van der Waals surface area contributed by atoms with E-state index in [1.54, 1.807) is 0 Å². The van der Waals surface area contributed by atoms with Crippen molar-refractivity contribution in [2.75, 3.05) is 19.6 Å². The molecule has 26 heavy (non-hydrogen) atoms. The van der Waals surface area contributed by atoms with E-state index in [9.17, 15) is 4.79 Å². The van der Waals surface area contributed by atoms with Gasteiger partial charge in [0.25, 0.3) is 5.91 Å². The van der Waals surface area contributed by atoms with Gasteiger partial charge in [0.05, 0.1) is 16.6 Å². The van der Waals surface area contributed by atoms with E-state index in [-0.39, 0.29) is 11.9 Å². The van der Waals surface area contributed by atoms with Gasteiger partial charge in [0.2, 0.25) is 0 Å². The van der Waals surface area contributed by atoms with Gasteiger partial charge < -0.3 is 5.32 Å². The molecular formula is C20H24N4OS. The third-order valence-electron chi connectivity index (χ3n) is 5.14. The number of nitrogens with one attached hydrogen (secondary N) is 1. The summed E-state index contributed by atoms with van der Waals surface area (Å²) in [5, 5.41) is 8.64. The van der Waals surface area contributed by atoms with Crippen molar-refractivity contribution in [2.45, 2.75) is 25.8 Å². The monoisotopic (exact) mass is 368 g/mol. The summed E-state index contributed by atoms with van der Waals surface area (Å²) < 4.78 is 1.85. The van der Waals surface area contributed by atoms with Crippen molar-refractivity contribution in [1.82, 2.24) is 20.0 Å². The molecule has 3 aromatic rings. The van der Waals surface area contributed by atoms with E-state index in [1.807, 2.05) is 30.8 Å². The summed E-state index contributed by atoms with van der Waals surface area (Å²) in [6.07, 6.45) is 2.47. The predicted octanol–water partition coefficient (Wildman–Crippen LogP) is 3.51. The van der Waals surface area contributed by atoms with Crippen LogP contribution in [0.2, 0.25) is 0 Å². The van der Waals surface area contributed by atoms with Gasteiger partial charge in [0, 0.05) is 19.0 Å². The Morgan fingerprint density at radius 3 is 2.69 bits per heavy atom. The zero-order valence-corrected chi connectivity index (χ0v) is 16.1. The molecule has 2 aromatic heterocycles. The van der Waals surface area contributed by atoms with Crippen molar-refractivity contribution in [2.24, 2.45) is 7.05 Å². The molecule has 5 nitrogen and oxygen atoms in total. The number of benzene rings is 1. The minimum absolute atomic E-state index is 0.00530. The standard InChI is InChI=1S/C20H24N4OS/c1-14-16-12-18(26-20(16)23(2)22-14)19(25)21-13-17(24-10-6-7-11-24)15-8-4-3-5-9-15/h3-5,8-9,12,17H,6-7,10-11,13H2,1-2H3,(H,21,25). The summed E-state index contributed by atoms with van der Waals surface area (Å²) in [6, 6.07) is 12.7. The number of fused-ring (bicyclic) bond motifs is 1. The molecule has 1 aliphatic heterocycles. The van der Waals surface area contributed by atoms with Gasteiger partial charge in [-0.2, -0.15) is 5.10 Å². The summed E-state index contributed by atoms with van der Waals surface area (Å²) in [5.74, 6) is 0.00530. The van der Waals surface area contributed by atoms with Crippen LogP contribution in [-0.2, 0) is 7.05 Å². The molecule has 6 heteroatoms. The molecule has 1 amide bonds. The number of likely N-dealkylation sites (tertiary alicyclic amines) is 1. The molecule has 0 aliphatic carbocycles. The number of rotatable bonds is 5. The highest BCUT2D eigenvalue weighted by Gasteiger charge is 2.24. The maximum absolute atomic E-state index is 12.7. The Hall–Kier alpha value is -2.18. The van der Waals surface area contributed by atoms with Crippen LogP contribution in [0.25, 0.3) is 10.2 Å². The van der Waals surface area contributed by atoms with Gasteiger partial charge >= 0.3 is 0 Å². The van der Waals surface area contributed by atoms with E-state index < -0.39 is 0 Å². The quantitative estimate of drug-likeness (QED) is 0.750. The van der Waals surface area contributed by atoms with Crippen LogP contribution in [0.1, 0.15) is 39.8 Å². The van der Waals surface area contributed by atoms with Crippen molar-refractivity contribution in [3.05, 3.63) is 52.5 Å². The highest BCUT2D eigenvalue weighted by Crippen LogP contribution is 2.28. The number of nitrogens with zero attached hydrogens (tertiary/aromatic N) is 3. The molecule has 1 aliphatic rings. The average molecular weight is 369 g/mol. The maximum atomic E-state index is 12.7. The fourth-order valence-corrected chi connectivity index (χ4v) is 4.82. The molecular weight excluding hydrogens is 344 g/mol. The maximum Gasteiger partial charge on any atom is 0.261 e. The highest BCUT2D eigenvalue weighted by atomic mass is 32.1. The summed E-state index contributed by atoms with van der Waals surface area (Å²) in [7, 11) is 1.92. The Kier molecular flexibility index (Phi) is 4.78. The molecule has 1 N–H and O–H groups in total. The van der Waals surface area contributed by atoms with Crippen LogP contribution in [0.3, 0.4) is 0 Å². The van der Waals surface area contributed by atoms with E-state index in [4.69, 9.17) is 0 Å². The molecule has 0 spiro atoms. The molecule has 1 atom stereocenters. The third kappa shape index (κ3) is 3.27. The molecule has 1 saturated heterocycles. The first-order valence-corrected chi connectivity index (χ1v) is 9.95. The lowest BCUT2D eigenvalue weighted by atomic mass is 10.1. The summed E-state index contributed by atoms with van der Waals surface area (Å²) in [4.78, 5) is 17.0. The molecule has 1 aromatic carbocycles. The molecule has 1 fully saturated rings. The van der Waals surface area contributed by atoms with E-state index in [2.05, 4.69) is 39.6 Å². The molecule has 0 radical (unpaired) electrons. The Morgan fingerprint density at radius 1 is 1.27 bits per heavy atom. The van der Waals surface area contributed by atoms with Gasteiger partial charge in [-0.05, 0) is 44.5 Å². The van der Waals surface area contributed by atoms with Crippen LogP contribution in [-0.4, -0.2) is 40.2 Å². The minimum atomic E-state index is 0.00530. The van der Waals surface area contributed by atoms with Gasteiger partial charge in [-0.1, -0.05) is 30.3 Å². The fraction of sp³-hybridized carbons (Fsp3) is 0.400. The van der Waals surface area contributed by atoms with Crippen LogP contribution >= 0.6 is 11.3 Å². The Bertz CT molecular complexity index is 874. The number of aryl methyl sites for hydroxylation is 2. The highest BCUT2D eigenvalue weighted by molar-refractivity contribution is 7.20. The number of aromatic nitrogens is 2. The van der Waals surface area contributed by atoms with Crippen LogP contribution in [0.5, 0.6) is 0 Å². The minimum Gasteiger partial charge on any atom is -0.349 e. The van der Waals surface area contributed by atoms with Crippen LogP contribution in [0.15, 0.2) is 36.4 Å². The lowest BCUT2D eigenvalue weighted by Crippen LogP contribution is -2.36. The van der Waals surface area contributed by atoms with Gasteiger partial charge in [-0.3, -0.25) is 14.4 Å². The zero-order chi connectivity index (χ0) is 18.1. The molecule has 136 valence electrons. The first-order valence-electron chi connectivity index (χ1n) is 9.14. The number of amides is 1. The van der Waals surface area contributed by atoms with Crippen LogP contribution < -0.4 is 5.32 Å². The largest absolute Gasteiger partial charge is 0.349 e. The number of carbonyl (C=O) groups is 1. The van der Waals surface area contributed by atoms with Crippen LogP contribution in [0.4, 0.5) is 0 Å². The van der Waals surface area contributed by atoms with E-state index in [0.717, 1.165) is 33.9 Å². The summed E-state index contributed by atoms with van der Waals surface area (Å²) in [6.45, 7) is 4.82. The first-order chi connectivity index (χ1) is 12.6. The van der Waals surface area contributed by atoms with Crippen molar-refractivity contribution in [1.29, 1.82) is 0 Å². The van der Waals surface area contributed by atoms with Crippen molar-refractivity contribution >= 4 is 27.5 Å². The second-order valence-electron chi connectivity index (χ2n) is 6.92. The number of hydrogen-bond acceptors (Lipinski definition) is 4. The number of hydrogen-bond donors (Lipinski definition) is 1. The number of carbonyl (C=O) groups excluding carboxylic acids is 1. The average Bonchev–Trinajstić information content (AvgIpc) is 3.36. The summed E-state index contributed by atoms with van der Waals surface area (Å²) in [5.41, 5.74) is 2.24. The second-order valence-corrected chi connectivity index (χ2v) is 7.95. The van der Waals surface area contributed by atoms with Gasteiger partial charge in [-0.15, -0.1) is 11.3 Å². The van der Waals surface area contributed by atoms with Crippen molar-refractivity contribution in [3.63, 3.8) is 0 Å². The van der Waals surface area contributed by atoms with Gasteiger partial charge in [0.1, 0.15) is 4.83 Å². The Balaban J connectivity index is 1.51. The smallest absolute Gasteiger partial charge is 0.261 e. The van der Waals surface area contributed by atoms with Gasteiger partial charge in [-0.25, -0.2) is 0 Å². The SMILES string of the molecule is Cc1nn(C)c2sc(C(=O)NCC(c3ccccc3)N3CCCC3)cc12. The third-order valence-corrected chi connectivity index (χ3v) is 6.34. The van der Waals surface area contributed by atoms with E-state index in [1.165, 1.54) is 29.7 Å². The lowest BCUT2D eigenvalue weighted by Gasteiger charge is -2.28. The molecule has 3 heterocycles. The second kappa shape index (κ2) is 7.21. The Labute approximate surface area is 157 Å². The van der Waals surface area contributed by atoms with E-state index >= 15 is 0 Å². The first kappa shape index (κ1) is 17.2. The van der Waals surface area contributed by atoms with Crippen molar-refractivity contribution < 1.29 is 4.79 Å². The number of thiophene rings is 1. The Morgan fingerprint density at radius 2 is 2.00 bits per heavy atom.